The van der Waals surface area contributed by atoms with E-state index in [2.05, 4.69) is 5.10 Å². The van der Waals surface area contributed by atoms with Gasteiger partial charge in [0.25, 0.3) is 0 Å². The smallest absolute Gasteiger partial charge is 0.127 e. The molecule has 1 aromatic heterocycles. The van der Waals surface area contributed by atoms with E-state index in [-0.39, 0.29) is 18.0 Å². The summed E-state index contributed by atoms with van der Waals surface area (Å²) in [6.07, 6.45) is 0. The van der Waals surface area contributed by atoms with Crippen LogP contribution in [0.1, 0.15) is 42.6 Å². The molecule has 0 aliphatic rings. The summed E-state index contributed by atoms with van der Waals surface area (Å²) in [6, 6.07) is 5.35. The van der Waals surface area contributed by atoms with E-state index in [1.54, 1.807) is 11.7 Å². The van der Waals surface area contributed by atoms with E-state index in [0.717, 1.165) is 23.5 Å². The topological polar surface area (TPSA) is 43.8 Å². The van der Waals surface area contributed by atoms with Gasteiger partial charge >= 0.3 is 0 Å². The van der Waals surface area contributed by atoms with Gasteiger partial charge in [0.15, 0.2) is 0 Å². The Morgan fingerprint density at radius 3 is 2.50 bits per heavy atom. The molecule has 108 valence electrons. The van der Waals surface area contributed by atoms with Crippen LogP contribution in [0, 0.1) is 11.6 Å². The first-order chi connectivity index (χ1) is 9.43. The van der Waals surface area contributed by atoms with Gasteiger partial charge in [0.1, 0.15) is 11.6 Å². The molecule has 0 saturated carbocycles. The van der Waals surface area contributed by atoms with Gasteiger partial charge in [0.05, 0.1) is 5.69 Å². The molecule has 5 heteroatoms. The zero-order valence-corrected chi connectivity index (χ0v) is 11.9. The third-order valence-electron chi connectivity index (χ3n) is 3.45. The molecule has 0 amide bonds. The third kappa shape index (κ3) is 2.72. The highest BCUT2D eigenvalue weighted by Crippen LogP contribution is 2.28. The van der Waals surface area contributed by atoms with Crippen molar-refractivity contribution in [1.29, 1.82) is 0 Å². The summed E-state index contributed by atoms with van der Waals surface area (Å²) >= 11 is 0. The zero-order chi connectivity index (χ0) is 14.9. The number of hydrogen-bond acceptors (Lipinski definition) is 2. The zero-order valence-electron chi connectivity index (χ0n) is 11.9. The predicted octanol–water partition coefficient (Wildman–Crippen LogP) is 2.91. The molecule has 1 aromatic carbocycles. The molecule has 0 bridgehead atoms. The van der Waals surface area contributed by atoms with Crippen LogP contribution in [0.5, 0.6) is 0 Å². The maximum atomic E-state index is 13.9. The normalized spacial score (nSPS) is 12.9. The molecular weight excluding hydrogens is 260 g/mol. The fraction of sp³-hybridized carbons (Fsp3) is 0.400. The fourth-order valence-electron chi connectivity index (χ4n) is 2.30. The van der Waals surface area contributed by atoms with Crippen molar-refractivity contribution in [3.05, 3.63) is 52.9 Å². The van der Waals surface area contributed by atoms with Gasteiger partial charge in [-0.05, 0) is 30.2 Å². The van der Waals surface area contributed by atoms with Gasteiger partial charge in [-0.3, -0.25) is 4.68 Å². The highest BCUT2D eigenvalue weighted by atomic mass is 19.1. The SMILES string of the molecule is CC(C)c1cc(C(CN)c2cc(F)ccc2F)n(C)n1. The summed E-state index contributed by atoms with van der Waals surface area (Å²) in [7, 11) is 1.79. The van der Waals surface area contributed by atoms with Gasteiger partial charge in [0, 0.05) is 30.8 Å². The Morgan fingerprint density at radius 1 is 1.25 bits per heavy atom. The molecule has 2 N–H and O–H groups in total. The van der Waals surface area contributed by atoms with E-state index < -0.39 is 17.6 Å². The van der Waals surface area contributed by atoms with Crippen LogP contribution in [0.2, 0.25) is 0 Å². The van der Waals surface area contributed by atoms with Crippen LogP contribution < -0.4 is 5.73 Å². The Bertz CT molecular complexity index is 605. The van der Waals surface area contributed by atoms with Crippen molar-refractivity contribution in [1.82, 2.24) is 9.78 Å². The Labute approximate surface area is 117 Å². The van der Waals surface area contributed by atoms with Gasteiger partial charge in [-0.1, -0.05) is 13.8 Å². The van der Waals surface area contributed by atoms with E-state index in [1.807, 2.05) is 19.9 Å². The second-order valence-electron chi connectivity index (χ2n) is 5.23. The van der Waals surface area contributed by atoms with Crippen LogP contribution >= 0.6 is 0 Å². The Balaban J connectivity index is 2.49. The Hall–Kier alpha value is -1.75. The van der Waals surface area contributed by atoms with Crippen LogP contribution in [-0.4, -0.2) is 16.3 Å². The minimum absolute atomic E-state index is 0.192. The highest BCUT2D eigenvalue weighted by Gasteiger charge is 2.22. The number of nitrogens with two attached hydrogens (primary N) is 1. The van der Waals surface area contributed by atoms with Gasteiger partial charge in [-0.2, -0.15) is 5.10 Å². The minimum atomic E-state index is -0.467. The van der Waals surface area contributed by atoms with E-state index in [1.165, 1.54) is 6.07 Å². The van der Waals surface area contributed by atoms with Crippen molar-refractivity contribution in [3.8, 4) is 0 Å². The van der Waals surface area contributed by atoms with Crippen molar-refractivity contribution in [2.24, 2.45) is 12.8 Å². The number of rotatable bonds is 4. The lowest BCUT2D eigenvalue weighted by Gasteiger charge is -2.16. The van der Waals surface area contributed by atoms with Crippen LogP contribution in [0.15, 0.2) is 24.3 Å². The number of aromatic nitrogens is 2. The summed E-state index contributed by atoms with van der Waals surface area (Å²) in [6.45, 7) is 4.26. The second kappa shape index (κ2) is 5.71. The molecule has 2 rings (SSSR count). The first-order valence-electron chi connectivity index (χ1n) is 6.62. The van der Waals surface area contributed by atoms with Crippen LogP contribution in [0.25, 0.3) is 0 Å². The van der Waals surface area contributed by atoms with E-state index >= 15 is 0 Å². The largest absolute Gasteiger partial charge is 0.329 e. The van der Waals surface area contributed by atoms with Crippen molar-refractivity contribution in [2.45, 2.75) is 25.7 Å². The van der Waals surface area contributed by atoms with Crippen molar-refractivity contribution in [2.75, 3.05) is 6.54 Å². The molecule has 0 spiro atoms. The highest BCUT2D eigenvalue weighted by molar-refractivity contribution is 5.32. The summed E-state index contributed by atoms with van der Waals surface area (Å²) in [5, 5.41) is 4.40. The molecular formula is C15H19F2N3. The van der Waals surface area contributed by atoms with E-state index in [4.69, 9.17) is 5.73 Å². The molecule has 3 nitrogen and oxygen atoms in total. The Kier molecular flexibility index (Phi) is 4.18. The third-order valence-corrected chi connectivity index (χ3v) is 3.45. The second-order valence-corrected chi connectivity index (χ2v) is 5.23. The molecule has 20 heavy (non-hydrogen) atoms. The lowest BCUT2D eigenvalue weighted by atomic mass is 9.94. The fourth-order valence-corrected chi connectivity index (χ4v) is 2.30. The van der Waals surface area contributed by atoms with Crippen molar-refractivity contribution >= 4 is 0 Å². The standard InChI is InChI=1S/C15H19F2N3/c1-9(2)14-7-15(20(3)19-14)12(8-18)11-6-10(16)4-5-13(11)17/h4-7,9,12H,8,18H2,1-3H3. The quantitative estimate of drug-likeness (QED) is 0.935. The first-order valence-corrected chi connectivity index (χ1v) is 6.62. The Morgan fingerprint density at radius 2 is 1.95 bits per heavy atom. The molecule has 1 atom stereocenters. The minimum Gasteiger partial charge on any atom is -0.329 e. The molecule has 2 aromatic rings. The summed E-state index contributed by atoms with van der Waals surface area (Å²) < 4.78 is 29.0. The van der Waals surface area contributed by atoms with Crippen LogP contribution in [0.3, 0.4) is 0 Å². The van der Waals surface area contributed by atoms with E-state index in [0.29, 0.717) is 0 Å². The molecule has 1 unspecified atom stereocenters. The number of aryl methyl sites for hydroxylation is 1. The number of benzene rings is 1. The molecule has 0 aliphatic carbocycles. The number of hydrogen-bond donors (Lipinski definition) is 1. The molecule has 0 saturated heterocycles. The first kappa shape index (κ1) is 14.7. The molecule has 0 radical (unpaired) electrons. The number of nitrogens with zero attached hydrogens (tertiary/aromatic N) is 2. The van der Waals surface area contributed by atoms with Gasteiger partial charge in [0.2, 0.25) is 0 Å². The van der Waals surface area contributed by atoms with E-state index in [9.17, 15) is 8.78 Å². The average Bonchev–Trinajstić information content (AvgIpc) is 2.77. The van der Waals surface area contributed by atoms with Crippen LogP contribution in [0.4, 0.5) is 8.78 Å². The molecule has 0 fully saturated rings. The lowest BCUT2D eigenvalue weighted by Crippen LogP contribution is -2.18. The monoisotopic (exact) mass is 279 g/mol. The molecule has 0 aliphatic heterocycles. The van der Waals surface area contributed by atoms with Gasteiger partial charge in [-0.25, -0.2) is 8.78 Å². The van der Waals surface area contributed by atoms with Gasteiger partial charge in [-0.15, -0.1) is 0 Å². The van der Waals surface area contributed by atoms with Crippen molar-refractivity contribution < 1.29 is 8.78 Å². The summed E-state index contributed by atoms with van der Waals surface area (Å²) in [5.41, 5.74) is 7.76. The average molecular weight is 279 g/mol. The molecule has 1 heterocycles. The maximum Gasteiger partial charge on any atom is 0.127 e. The summed E-state index contributed by atoms with van der Waals surface area (Å²) in [5.74, 6) is -1.05. The van der Waals surface area contributed by atoms with Crippen LogP contribution in [-0.2, 0) is 7.05 Å². The summed E-state index contributed by atoms with van der Waals surface area (Å²) in [4.78, 5) is 0. The number of halogens is 2. The van der Waals surface area contributed by atoms with Gasteiger partial charge < -0.3 is 5.73 Å². The lowest BCUT2D eigenvalue weighted by molar-refractivity contribution is 0.564. The predicted molar refractivity (Wildman–Crippen MR) is 74.6 cm³/mol. The maximum absolute atomic E-state index is 13.9. The van der Waals surface area contributed by atoms with Crippen molar-refractivity contribution in [3.63, 3.8) is 0 Å².